The monoisotopic (exact) mass is 448 g/mol. The Balaban J connectivity index is 2.29. The highest BCUT2D eigenvalue weighted by atomic mass is 79.9. The molecule has 0 radical (unpaired) electrons. The summed E-state index contributed by atoms with van der Waals surface area (Å²) in [5, 5.41) is 0. The molecule has 1 aliphatic heterocycles. The Hall–Kier alpha value is -1.32. The largest absolute Gasteiger partial charge is 0.493 e. The van der Waals surface area contributed by atoms with Crippen LogP contribution in [0.1, 0.15) is 20.3 Å². The zero-order chi connectivity index (χ0) is 19.5. The zero-order valence-corrected chi connectivity index (χ0v) is 17.9. The van der Waals surface area contributed by atoms with E-state index in [1.807, 2.05) is 13.8 Å². The van der Waals surface area contributed by atoms with E-state index in [-0.39, 0.29) is 23.3 Å². The minimum atomic E-state index is -3.73. The van der Waals surface area contributed by atoms with Crippen molar-refractivity contribution in [3.05, 3.63) is 16.6 Å². The van der Waals surface area contributed by atoms with Crippen LogP contribution < -0.4 is 9.47 Å². The molecule has 1 aromatic rings. The minimum absolute atomic E-state index is 0.0524. The first-order chi connectivity index (χ1) is 12.2. The van der Waals surface area contributed by atoms with Crippen molar-refractivity contribution in [2.24, 2.45) is 5.92 Å². The van der Waals surface area contributed by atoms with E-state index >= 15 is 0 Å². The maximum atomic E-state index is 13.1. The van der Waals surface area contributed by atoms with E-state index in [0.29, 0.717) is 42.0 Å². The number of sulfonamides is 1. The van der Waals surface area contributed by atoms with Crippen LogP contribution in [0, 0.1) is 5.92 Å². The number of halogens is 1. The number of hydrogen-bond donors (Lipinski definition) is 0. The smallest absolute Gasteiger partial charge is 0.244 e. The van der Waals surface area contributed by atoms with E-state index < -0.39 is 10.0 Å². The first-order valence-electron chi connectivity index (χ1n) is 8.42. The third-order valence-electron chi connectivity index (χ3n) is 4.32. The Labute approximate surface area is 163 Å². The number of rotatable bonds is 5. The molecule has 0 aromatic heterocycles. The fourth-order valence-electron chi connectivity index (χ4n) is 2.89. The average Bonchev–Trinajstić information content (AvgIpc) is 2.86. The van der Waals surface area contributed by atoms with Gasteiger partial charge in [0.05, 0.1) is 14.2 Å². The van der Waals surface area contributed by atoms with Gasteiger partial charge in [0, 0.05) is 42.6 Å². The van der Waals surface area contributed by atoms with Gasteiger partial charge in [0.15, 0.2) is 11.5 Å². The second kappa shape index (κ2) is 8.58. The molecule has 1 amide bonds. The van der Waals surface area contributed by atoms with E-state index in [9.17, 15) is 13.2 Å². The predicted octanol–water partition coefficient (Wildman–Crippen LogP) is 2.35. The third-order valence-corrected chi connectivity index (χ3v) is 7.17. The molecule has 1 heterocycles. The Kier molecular flexibility index (Phi) is 6.92. The molecule has 1 saturated heterocycles. The van der Waals surface area contributed by atoms with Gasteiger partial charge in [0.1, 0.15) is 4.90 Å². The summed E-state index contributed by atoms with van der Waals surface area (Å²) in [6.07, 6.45) is 0.600. The van der Waals surface area contributed by atoms with Gasteiger partial charge in [-0.25, -0.2) is 8.42 Å². The van der Waals surface area contributed by atoms with E-state index in [1.165, 1.54) is 24.6 Å². The molecule has 2 rings (SSSR count). The van der Waals surface area contributed by atoms with Gasteiger partial charge in [-0.2, -0.15) is 4.31 Å². The number of hydrogen-bond acceptors (Lipinski definition) is 5. The number of benzene rings is 1. The summed E-state index contributed by atoms with van der Waals surface area (Å²) in [4.78, 5) is 14.1. The molecular formula is C17H25BrN2O5S. The summed E-state index contributed by atoms with van der Waals surface area (Å²) in [5.41, 5.74) is 0. The van der Waals surface area contributed by atoms with Crippen LogP contribution in [0.5, 0.6) is 11.5 Å². The number of carbonyl (C=O) groups is 1. The number of carbonyl (C=O) groups excluding carboxylic acids is 1. The summed E-state index contributed by atoms with van der Waals surface area (Å²) in [5.74, 6) is 0.748. The lowest BCUT2D eigenvalue weighted by Gasteiger charge is -2.24. The van der Waals surface area contributed by atoms with Crippen molar-refractivity contribution in [2.75, 3.05) is 40.4 Å². The van der Waals surface area contributed by atoms with E-state index in [1.54, 1.807) is 11.0 Å². The summed E-state index contributed by atoms with van der Waals surface area (Å²) in [6.45, 7) is 5.29. The molecule has 1 aromatic carbocycles. The first-order valence-corrected chi connectivity index (χ1v) is 10.7. The number of methoxy groups -OCH3 is 2. The molecule has 146 valence electrons. The average molecular weight is 449 g/mol. The van der Waals surface area contributed by atoms with Crippen LogP contribution >= 0.6 is 15.9 Å². The van der Waals surface area contributed by atoms with Crippen molar-refractivity contribution in [1.29, 1.82) is 0 Å². The molecule has 0 bridgehead atoms. The lowest BCUT2D eigenvalue weighted by Crippen LogP contribution is -2.39. The molecule has 7 nitrogen and oxygen atoms in total. The lowest BCUT2D eigenvalue weighted by molar-refractivity contribution is -0.134. The van der Waals surface area contributed by atoms with Crippen LogP contribution in [0.2, 0.25) is 0 Å². The molecule has 0 N–H and O–H groups in total. The van der Waals surface area contributed by atoms with Gasteiger partial charge in [0.25, 0.3) is 0 Å². The van der Waals surface area contributed by atoms with Gasteiger partial charge >= 0.3 is 0 Å². The first kappa shape index (κ1) is 21.0. The van der Waals surface area contributed by atoms with Crippen LogP contribution in [-0.2, 0) is 14.8 Å². The number of nitrogens with zero attached hydrogens (tertiary/aromatic N) is 2. The van der Waals surface area contributed by atoms with Crippen LogP contribution in [-0.4, -0.2) is 63.9 Å². The zero-order valence-electron chi connectivity index (χ0n) is 15.5. The summed E-state index contributed by atoms with van der Waals surface area (Å²) in [7, 11) is -0.775. The molecular weight excluding hydrogens is 424 g/mol. The fraction of sp³-hybridized carbons (Fsp3) is 0.588. The molecule has 26 heavy (non-hydrogen) atoms. The molecule has 1 fully saturated rings. The van der Waals surface area contributed by atoms with Crippen LogP contribution in [0.15, 0.2) is 21.5 Å². The van der Waals surface area contributed by atoms with Crippen molar-refractivity contribution in [3.63, 3.8) is 0 Å². The van der Waals surface area contributed by atoms with Gasteiger partial charge in [-0.15, -0.1) is 0 Å². The minimum Gasteiger partial charge on any atom is -0.493 e. The normalized spacial score (nSPS) is 16.5. The van der Waals surface area contributed by atoms with Gasteiger partial charge in [-0.3, -0.25) is 4.79 Å². The quantitative estimate of drug-likeness (QED) is 0.690. The topological polar surface area (TPSA) is 76.2 Å². The number of ether oxygens (including phenoxy) is 2. The van der Waals surface area contributed by atoms with Crippen LogP contribution in [0.3, 0.4) is 0 Å². The third kappa shape index (κ3) is 4.32. The van der Waals surface area contributed by atoms with Gasteiger partial charge in [-0.05, 0) is 28.4 Å². The van der Waals surface area contributed by atoms with Crippen molar-refractivity contribution >= 4 is 31.9 Å². The SMILES string of the molecule is COc1cc(Br)c(S(=O)(=O)N2CCCN(C(=O)C(C)C)CC2)cc1OC. The molecule has 0 aliphatic carbocycles. The molecule has 0 unspecified atom stereocenters. The van der Waals surface area contributed by atoms with Crippen molar-refractivity contribution in [3.8, 4) is 11.5 Å². The van der Waals surface area contributed by atoms with E-state index in [0.717, 1.165) is 0 Å². The van der Waals surface area contributed by atoms with Crippen molar-refractivity contribution < 1.29 is 22.7 Å². The van der Waals surface area contributed by atoms with Gasteiger partial charge in [0.2, 0.25) is 15.9 Å². The molecule has 1 aliphatic rings. The summed E-state index contributed by atoms with van der Waals surface area (Å²) < 4.78 is 38.5. The second-order valence-electron chi connectivity index (χ2n) is 6.38. The summed E-state index contributed by atoms with van der Waals surface area (Å²) in [6, 6.07) is 3.04. The maximum absolute atomic E-state index is 13.1. The Morgan fingerprint density at radius 3 is 2.27 bits per heavy atom. The lowest BCUT2D eigenvalue weighted by atomic mass is 10.2. The second-order valence-corrected chi connectivity index (χ2v) is 9.14. The van der Waals surface area contributed by atoms with Gasteiger partial charge in [-0.1, -0.05) is 13.8 Å². The molecule has 9 heteroatoms. The van der Waals surface area contributed by atoms with Crippen molar-refractivity contribution in [2.45, 2.75) is 25.2 Å². The predicted molar refractivity (Wildman–Crippen MR) is 102 cm³/mol. The highest BCUT2D eigenvalue weighted by Crippen LogP contribution is 2.36. The molecule has 0 spiro atoms. The highest BCUT2D eigenvalue weighted by Gasteiger charge is 2.31. The van der Waals surface area contributed by atoms with Crippen LogP contribution in [0.25, 0.3) is 0 Å². The molecule has 0 saturated carbocycles. The van der Waals surface area contributed by atoms with E-state index in [4.69, 9.17) is 9.47 Å². The Morgan fingerprint density at radius 1 is 1.08 bits per heavy atom. The van der Waals surface area contributed by atoms with Crippen LogP contribution in [0.4, 0.5) is 0 Å². The van der Waals surface area contributed by atoms with Crippen molar-refractivity contribution in [1.82, 2.24) is 9.21 Å². The molecule has 0 atom stereocenters. The maximum Gasteiger partial charge on any atom is 0.244 e. The summed E-state index contributed by atoms with van der Waals surface area (Å²) >= 11 is 3.32. The standard InChI is InChI=1S/C17H25BrN2O5S/c1-12(2)17(21)19-6-5-7-20(9-8-19)26(22,23)16-11-15(25-4)14(24-3)10-13(16)18/h10-12H,5-9H2,1-4H3. The van der Waals surface area contributed by atoms with Gasteiger partial charge < -0.3 is 14.4 Å². The van der Waals surface area contributed by atoms with E-state index in [2.05, 4.69) is 15.9 Å². The fourth-order valence-corrected chi connectivity index (χ4v) is 5.36. The highest BCUT2D eigenvalue weighted by molar-refractivity contribution is 9.10. The Bertz CT molecular complexity index is 767. The Morgan fingerprint density at radius 2 is 1.69 bits per heavy atom. The number of amides is 1.